The molecule has 0 aliphatic heterocycles. The lowest BCUT2D eigenvalue weighted by molar-refractivity contribution is -0.121. The van der Waals surface area contributed by atoms with Crippen LogP contribution in [0.4, 0.5) is 8.78 Å². The number of nitrogens with one attached hydrogen (secondary N) is 1. The molecule has 1 fully saturated rings. The van der Waals surface area contributed by atoms with Crippen LogP contribution in [0.2, 0.25) is 0 Å². The summed E-state index contributed by atoms with van der Waals surface area (Å²) < 4.78 is 26.5. The van der Waals surface area contributed by atoms with Crippen molar-refractivity contribution in [1.82, 2.24) is 5.32 Å². The molecule has 0 spiro atoms. The SMILES string of the molecule is NCC1(CNC(=O)Cc2cccc(F)c2F)CCCC1. The first-order valence-electron chi connectivity index (χ1n) is 6.96. The summed E-state index contributed by atoms with van der Waals surface area (Å²) in [7, 11) is 0. The summed E-state index contributed by atoms with van der Waals surface area (Å²) in [5.74, 6) is -2.17. The van der Waals surface area contributed by atoms with Crippen LogP contribution >= 0.6 is 0 Å². The van der Waals surface area contributed by atoms with E-state index < -0.39 is 11.6 Å². The largest absolute Gasteiger partial charge is 0.355 e. The van der Waals surface area contributed by atoms with Crippen LogP contribution in [-0.4, -0.2) is 19.0 Å². The normalized spacial score (nSPS) is 17.1. The topological polar surface area (TPSA) is 55.1 Å². The maximum Gasteiger partial charge on any atom is 0.224 e. The van der Waals surface area contributed by atoms with E-state index in [0.717, 1.165) is 31.7 Å². The van der Waals surface area contributed by atoms with Gasteiger partial charge in [-0.05, 0) is 30.9 Å². The van der Waals surface area contributed by atoms with Crippen molar-refractivity contribution < 1.29 is 13.6 Å². The van der Waals surface area contributed by atoms with Gasteiger partial charge in [0.1, 0.15) is 0 Å². The minimum Gasteiger partial charge on any atom is -0.355 e. The van der Waals surface area contributed by atoms with Crippen molar-refractivity contribution in [2.24, 2.45) is 11.1 Å². The predicted molar refractivity (Wildman–Crippen MR) is 73.0 cm³/mol. The number of nitrogens with two attached hydrogens (primary N) is 1. The van der Waals surface area contributed by atoms with Crippen LogP contribution in [0.1, 0.15) is 31.2 Å². The van der Waals surface area contributed by atoms with Crippen molar-refractivity contribution in [3.63, 3.8) is 0 Å². The van der Waals surface area contributed by atoms with Crippen LogP contribution in [0.5, 0.6) is 0 Å². The molecule has 3 nitrogen and oxygen atoms in total. The standard InChI is InChI=1S/C15H20F2N2O/c16-12-5-3-4-11(14(12)17)8-13(20)19-10-15(9-18)6-1-2-7-15/h3-5H,1-2,6-10,18H2,(H,19,20). The van der Waals surface area contributed by atoms with Gasteiger partial charge in [0, 0.05) is 12.1 Å². The minimum atomic E-state index is -0.947. The lowest BCUT2D eigenvalue weighted by Crippen LogP contribution is -2.41. The third kappa shape index (κ3) is 3.33. The number of carbonyl (C=O) groups is 1. The second kappa shape index (κ2) is 6.31. The summed E-state index contributed by atoms with van der Waals surface area (Å²) in [6.45, 7) is 1.06. The molecular formula is C15H20F2N2O. The Bertz CT molecular complexity index is 485. The molecule has 5 heteroatoms. The number of hydrogen-bond acceptors (Lipinski definition) is 2. The third-order valence-corrected chi connectivity index (χ3v) is 4.14. The Kier molecular flexibility index (Phi) is 4.70. The number of amides is 1. The first kappa shape index (κ1) is 14.9. The van der Waals surface area contributed by atoms with E-state index in [1.54, 1.807) is 0 Å². The highest BCUT2D eigenvalue weighted by Crippen LogP contribution is 2.36. The number of benzene rings is 1. The Morgan fingerprint density at radius 1 is 1.30 bits per heavy atom. The molecule has 0 saturated heterocycles. The van der Waals surface area contributed by atoms with E-state index >= 15 is 0 Å². The Hall–Kier alpha value is -1.49. The van der Waals surface area contributed by atoms with Gasteiger partial charge in [-0.15, -0.1) is 0 Å². The zero-order valence-electron chi connectivity index (χ0n) is 11.4. The zero-order valence-corrected chi connectivity index (χ0v) is 11.4. The molecule has 20 heavy (non-hydrogen) atoms. The molecule has 110 valence electrons. The van der Waals surface area contributed by atoms with Gasteiger partial charge in [0.05, 0.1) is 6.42 Å². The first-order valence-corrected chi connectivity index (χ1v) is 6.96. The van der Waals surface area contributed by atoms with E-state index in [1.165, 1.54) is 12.1 Å². The second-order valence-electron chi connectivity index (χ2n) is 5.58. The lowest BCUT2D eigenvalue weighted by Gasteiger charge is -2.27. The molecule has 0 unspecified atom stereocenters. The van der Waals surface area contributed by atoms with Crippen LogP contribution in [-0.2, 0) is 11.2 Å². The number of halogens is 2. The molecular weight excluding hydrogens is 262 g/mol. The lowest BCUT2D eigenvalue weighted by atomic mass is 9.86. The molecule has 2 rings (SSSR count). The van der Waals surface area contributed by atoms with Crippen molar-refractivity contribution in [1.29, 1.82) is 0 Å². The van der Waals surface area contributed by atoms with Gasteiger partial charge in [-0.1, -0.05) is 25.0 Å². The Balaban J connectivity index is 1.91. The predicted octanol–water partition coefficient (Wildman–Crippen LogP) is 2.14. The second-order valence-corrected chi connectivity index (χ2v) is 5.58. The number of hydrogen-bond donors (Lipinski definition) is 2. The fourth-order valence-corrected chi connectivity index (χ4v) is 2.78. The average Bonchev–Trinajstić information content (AvgIpc) is 2.91. The molecule has 0 heterocycles. The van der Waals surface area contributed by atoms with Crippen LogP contribution < -0.4 is 11.1 Å². The maximum absolute atomic E-state index is 13.5. The first-order chi connectivity index (χ1) is 9.56. The molecule has 1 aromatic rings. The average molecular weight is 282 g/mol. The molecule has 0 bridgehead atoms. The van der Waals surface area contributed by atoms with Gasteiger partial charge in [0.2, 0.25) is 5.91 Å². The van der Waals surface area contributed by atoms with E-state index in [4.69, 9.17) is 5.73 Å². The Morgan fingerprint density at radius 3 is 2.65 bits per heavy atom. The number of rotatable bonds is 5. The maximum atomic E-state index is 13.5. The van der Waals surface area contributed by atoms with Gasteiger partial charge in [0.25, 0.3) is 0 Å². The molecule has 0 atom stereocenters. The van der Waals surface area contributed by atoms with Gasteiger partial charge in [0.15, 0.2) is 11.6 Å². The fourth-order valence-electron chi connectivity index (χ4n) is 2.78. The van der Waals surface area contributed by atoms with Crippen molar-refractivity contribution >= 4 is 5.91 Å². The molecule has 1 amide bonds. The molecule has 1 aliphatic rings. The Labute approximate surface area is 117 Å². The van der Waals surface area contributed by atoms with E-state index in [2.05, 4.69) is 5.32 Å². The summed E-state index contributed by atoms with van der Waals surface area (Å²) in [5, 5.41) is 2.80. The van der Waals surface area contributed by atoms with Crippen molar-refractivity contribution in [2.75, 3.05) is 13.1 Å². The third-order valence-electron chi connectivity index (χ3n) is 4.14. The highest BCUT2D eigenvalue weighted by Gasteiger charge is 2.32. The van der Waals surface area contributed by atoms with Gasteiger partial charge in [-0.25, -0.2) is 8.78 Å². The van der Waals surface area contributed by atoms with Crippen molar-refractivity contribution in [2.45, 2.75) is 32.1 Å². The number of carbonyl (C=O) groups excluding carboxylic acids is 1. The van der Waals surface area contributed by atoms with Gasteiger partial charge in [-0.2, -0.15) is 0 Å². The minimum absolute atomic E-state index is 0.0177. The highest BCUT2D eigenvalue weighted by atomic mass is 19.2. The monoisotopic (exact) mass is 282 g/mol. The summed E-state index contributed by atoms with van der Waals surface area (Å²) in [6, 6.07) is 3.87. The van der Waals surface area contributed by atoms with Crippen molar-refractivity contribution in [3.8, 4) is 0 Å². The van der Waals surface area contributed by atoms with Gasteiger partial charge >= 0.3 is 0 Å². The smallest absolute Gasteiger partial charge is 0.224 e. The highest BCUT2D eigenvalue weighted by molar-refractivity contribution is 5.78. The van der Waals surface area contributed by atoms with E-state index in [-0.39, 0.29) is 23.3 Å². The van der Waals surface area contributed by atoms with Crippen LogP contribution in [0.3, 0.4) is 0 Å². The van der Waals surface area contributed by atoms with Gasteiger partial charge < -0.3 is 11.1 Å². The van der Waals surface area contributed by atoms with Gasteiger partial charge in [-0.3, -0.25) is 4.79 Å². The van der Waals surface area contributed by atoms with E-state index in [9.17, 15) is 13.6 Å². The molecule has 1 aliphatic carbocycles. The fraction of sp³-hybridized carbons (Fsp3) is 0.533. The molecule has 1 aromatic carbocycles. The quantitative estimate of drug-likeness (QED) is 0.869. The zero-order chi connectivity index (χ0) is 14.6. The van der Waals surface area contributed by atoms with Crippen LogP contribution in [0.15, 0.2) is 18.2 Å². The van der Waals surface area contributed by atoms with Crippen LogP contribution in [0.25, 0.3) is 0 Å². The summed E-state index contributed by atoms with van der Waals surface area (Å²) >= 11 is 0. The van der Waals surface area contributed by atoms with Crippen molar-refractivity contribution in [3.05, 3.63) is 35.4 Å². The van der Waals surface area contributed by atoms with E-state index in [0.29, 0.717) is 13.1 Å². The molecule has 1 saturated carbocycles. The van der Waals surface area contributed by atoms with Crippen LogP contribution in [0, 0.1) is 17.0 Å². The molecule has 0 aromatic heterocycles. The summed E-state index contributed by atoms with van der Waals surface area (Å²) in [5.41, 5.74) is 5.85. The summed E-state index contributed by atoms with van der Waals surface area (Å²) in [4.78, 5) is 11.8. The molecule has 0 radical (unpaired) electrons. The Morgan fingerprint density at radius 2 is 2.00 bits per heavy atom. The summed E-state index contributed by atoms with van der Waals surface area (Å²) in [6.07, 6.45) is 4.14. The van der Waals surface area contributed by atoms with E-state index in [1.807, 2.05) is 0 Å². The molecule has 3 N–H and O–H groups in total.